The molecule has 1 aliphatic rings. The van der Waals surface area contributed by atoms with Crippen molar-refractivity contribution in [2.45, 2.75) is 38.2 Å². The summed E-state index contributed by atoms with van der Waals surface area (Å²) in [6.45, 7) is 1.01. The van der Waals surface area contributed by atoms with Gasteiger partial charge in [-0.25, -0.2) is 14.5 Å². The van der Waals surface area contributed by atoms with Crippen molar-refractivity contribution in [3.63, 3.8) is 0 Å². The minimum atomic E-state index is -3.04. The molecule has 3 heterocycles. The Hall–Kier alpha value is -2.52. The first-order valence-electron chi connectivity index (χ1n) is 8.61. The lowest BCUT2D eigenvalue weighted by molar-refractivity contribution is -0.117. The first kappa shape index (κ1) is 19.8. The van der Waals surface area contributed by atoms with Crippen LogP contribution in [-0.4, -0.2) is 32.1 Å². The van der Waals surface area contributed by atoms with Gasteiger partial charge in [0.25, 0.3) is 0 Å². The van der Waals surface area contributed by atoms with E-state index in [-0.39, 0.29) is 22.0 Å². The second-order valence-electron chi connectivity index (χ2n) is 7.33. The molecule has 0 aliphatic heterocycles. The van der Waals surface area contributed by atoms with E-state index in [1.54, 1.807) is 16.9 Å². The number of carbonyl (C=O) groups excluding carboxylic acids is 1. The Morgan fingerprint density at radius 1 is 1.38 bits per heavy atom. The fraction of sp³-hybridized carbons (Fsp3) is 0.333. The van der Waals surface area contributed by atoms with Crippen molar-refractivity contribution < 1.29 is 18.3 Å². The number of fused-ring (bicyclic) bond motifs is 3. The lowest BCUT2D eigenvalue weighted by Gasteiger charge is -2.19. The van der Waals surface area contributed by atoms with Crippen LogP contribution in [0.25, 0.3) is 5.65 Å². The molecule has 152 valence electrons. The first-order chi connectivity index (χ1) is 13.7. The minimum Gasteiger partial charge on any atom is -0.415 e. The molecule has 0 saturated heterocycles. The SMILES string of the molecule is CC1(C)C[C@@H](C(=O)Nc2cnc(OC(F)F)c(Cl)c2)c2cnn3cc(Cl)nc3c21. The number of amides is 1. The second-order valence-corrected chi connectivity index (χ2v) is 8.12. The Bertz CT molecular complexity index is 1120. The van der Waals surface area contributed by atoms with Gasteiger partial charge in [-0.2, -0.15) is 13.9 Å². The zero-order chi connectivity index (χ0) is 20.9. The normalized spacial score (nSPS) is 17.6. The molecule has 11 heteroatoms. The van der Waals surface area contributed by atoms with Crippen molar-refractivity contribution in [3.8, 4) is 5.88 Å². The van der Waals surface area contributed by atoms with Gasteiger partial charge < -0.3 is 10.1 Å². The van der Waals surface area contributed by atoms with Crippen molar-refractivity contribution in [2.75, 3.05) is 5.32 Å². The van der Waals surface area contributed by atoms with Crippen molar-refractivity contribution in [1.29, 1.82) is 0 Å². The molecule has 0 radical (unpaired) electrons. The molecule has 1 amide bonds. The molecule has 0 aromatic carbocycles. The van der Waals surface area contributed by atoms with Gasteiger partial charge in [0.15, 0.2) is 5.65 Å². The van der Waals surface area contributed by atoms with Crippen LogP contribution in [0.5, 0.6) is 5.88 Å². The van der Waals surface area contributed by atoms with E-state index in [1.807, 2.05) is 13.8 Å². The molecule has 7 nitrogen and oxygen atoms in total. The average Bonchev–Trinajstić information content (AvgIpc) is 3.13. The predicted molar refractivity (Wildman–Crippen MR) is 103 cm³/mol. The third-order valence-corrected chi connectivity index (χ3v) is 5.30. The molecule has 1 aliphatic carbocycles. The summed E-state index contributed by atoms with van der Waals surface area (Å²) in [5.41, 5.74) is 2.23. The Labute approximate surface area is 174 Å². The summed E-state index contributed by atoms with van der Waals surface area (Å²) >= 11 is 11.9. The summed E-state index contributed by atoms with van der Waals surface area (Å²) in [5.74, 6) is -1.18. The highest BCUT2D eigenvalue weighted by Gasteiger charge is 2.43. The molecule has 0 unspecified atom stereocenters. The summed E-state index contributed by atoms with van der Waals surface area (Å²) in [7, 11) is 0. The number of pyridine rings is 1. The van der Waals surface area contributed by atoms with Gasteiger partial charge in [0.05, 0.1) is 30.2 Å². The number of nitrogens with zero attached hydrogens (tertiary/aromatic N) is 4. The largest absolute Gasteiger partial charge is 0.415 e. The van der Waals surface area contributed by atoms with Crippen molar-refractivity contribution >= 4 is 40.4 Å². The van der Waals surface area contributed by atoms with E-state index in [4.69, 9.17) is 23.2 Å². The van der Waals surface area contributed by atoms with Crippen LogP contribution in [0.3, 0.4) is 0 Å². The highest BCUT2D eigenvalue weighted by molar-refractivity contribution is 6.32. The van der Waals surface area contributed by atoms with Crippen molar-refractivity contribution in [2.24, 2.45) is 0 Å². The maximum absolute atomic E-state index is 13.0. The van der Waals surface area contributed by atoms with Gasteiger partial charge in [-0.15, -0.1) is 0 Å². The molecule has 29 heavy (non-hydrogen) atoms. The number of halogens is 4. The fourth-order valence-electron chi connectivity index (χ4n) is 3.73. The highest BCUT2D eigenvalue weighted by atomic mass is 35.5. The highest BCUT2D eigenvalue weighted by Crippen LogP contribution is 2.47. The zero-order valence-electron chi connectivity index (χ0n) is 15.3. The Morgan fingerprint density at radius 2 is 2.14 bits per heavy atom. The summed E-state index contributed by atoms with van der Waals surface area (Å²) in [4.78, 5) is 21.0. The number of anilines is 1. The van der Waals surface area contributed by atoms with Gasteiger partial charge in [-0.3, -0.25) is 4.79 Å². The molecule has 1 atom stereocenters. The van der Waals surface area contributed by atoms with Crippen molar-refractivity contribution in [1.82, 2.24) is 19.6 Å². The van der Waals surface area contributed by atoms with Crippen LogP contribution < -0.4 is 10.1 Å². The molecule has 0 fully saturated rings. The lowest BCUT2D eigenvalue weighted by atomic mass is 9.86. The van der Waals surface area contributed by atoms with Crippen molar-refractivity contribution in [3.05, 3.63) is 46.0 Å². The monoisotopic (exact) mass is 441 g/mol. The van der Waals surface area contributed by atoms with Gasteiger partial charge in [-0.1, -0.05) is 37.0 Å². The van der Waals surface area contributed by atoms with Crippen LogP contribution in [0.4, 0.5) is 14.5 Å². The van der Waals surface area contributed by atoms with Crippen LogP contribution in [-0.2, 0) is 10.2 Å². The molecule has 4 rings (SSSR count). The molecule has 1 N–H and O–H groups in total. The average molecular weight is 442 g/mol. The number of carbonyl (C=O) groups is 1. The van der Waals surface area contributed by atoms with Crippen LogP contribution in [0.2, 0.25) is 10.2 Å². The van der Waals surface area contributed by atoms with Crippen LogP contribution in [0.1, 0.15) is 37.3 Å². The third-order valence-electron chi connectivity index (χ3n) is 4.85. The molecule has 0 spiro atoms. The van der Waals surface area contributed by atoms with Gasteiger partial charge in [0.2, 0.25) is 11.8 Å². The number of alkyl halides is 2. The molecular weight excluding hydrogens is 427 g/mol. The number of nitrogens with one attached hydrogen (secondary N) is 1. The number of ether oxygens (including phenoxy) is 1. The van der Waals surface area contributed by atoms with E-state index in [0.717, 1.165) is 11.1 Å². The van der Waals surface area contributed by atoms with E-state index < -0.39 is 18.4 Å². The lowest BCUT2D eigenvalue weighted by Crippen LogP contribution is -2.21. The van der Waals surface area contributed by atoms with Crippen LogP contribution >= 0.6 is 23.2 Å². The fourth-order valence-corrected chi connectivity index (χ4v) is 4.11. The second kappa shape index (κ2) is 7.07. The van der Waals surface area contributed by atoms with Gasteiger partial charge >= 0.3 is 6.61 Å². The summed E-state index contributed by atoms with van der Waals surface area (Å²) in [6, 6.07) is 1.31. The minimum absolute atomic E-state index is 0.134. The predicted octanol–water partition coefficient (Wildman–Crippen LogP) is 4.44. The van der Waals surface area contributed by atoms with E-state index in [1.165, 1.54) is 12.3 Å². The van der Waals surface area contributed by atoms with E-state index in [9.17, 15) is 13.6 Å². The zero-order valence-corrected chi connectivity index (χ0v) is 16.8. The smallest absolute Gasteiger partial charge is 0.388 e. The number of hydrogen-bond acceptors (Lipinski definition) is 5. The summed E-state index contributed by atoms with van der Waals surface area (Å²) in [5, 5.41) is 7.22. The standard InChI is InChI=1S/C18H15Cl2F2N5O2/c1-18(2)4-9(10-6-24-27-7-12(20)26-14(27)13(10)18)15(28)25-8-3-11(19)16(23-5-8)29-17(21)22/h3,5-7,9,17H,4H2,1-2H3,(H,25,28)/t9-/m1/s1. The Kier molecular flexibility index (Phi) is 4.82. The number of rotatable bonds is 4. The quantitative estimate of drug-likeness (QED) is 0.647. The first-order valence-corrected chi connectivity index (χ1v) is 9.37. The van der Waals surface area contributed by atoms with Gasteiger partial charge in [-0.05, 0) is 23.5 Å². The number of hydrogen-bond donors (Lipinski definition) is 1. The molecular formula is C18H15Cl2F2N5O2. The van der Waals surface area contributed by atoms with E-state index >= 15 is 0 Å². The van der Waals surface area contributed by atoms with Gasteiger partial charge in [0, 0.05) is 5.56 Å². The van der Waals surface area contributed by atoms with E-state index in [0.29, 0.717) is 17.2 Å². The molecule has 0 bridgehead atoms. The Balaban J connectivity index is 1.63. The number of imidazole rings is 1. The van der Waals surface area contributed by atoms with Crippen LogP contribution in [0.15, 0.2) is 24.7 Å². The summed E-state index contributed by atoms with van der Waals surface area (Å²) < 4.78 is 30.5. The maximum Gasteiger partial charge on any atom is 0.388 e. The molecule has 3 aromatic rings. The topological polar surface area (TPSA) is 81.4 Å². The number of aromatic nitrogens is 4. The maximum atomic E-state index is 13.0. The van der Waals surface area contributed by atoms with Gasteiger partial charge in [0.1, 0.15) is 10.2 Å². The Morgan fingerprint density at radius 3 is 2.83 bits per heavy atom. The van der Waals surface area contributed by atoms with E-state index in [2.05, 4.69) is 25.1 Å². The van der Waals surface area contributed by atoms with Crippen LogP contribution in [0, 0.1) is 0 Å². The third kappa shape index (κ3) is 3.60. The summed E-state index contributed by atoms with van der Waals surface area (Å²) in [6.07, 6.45) is 4.99. The molecule has 3 aromatic heterocycles. The molecule has 0 saturated carbocycles.